The molecule has 1 atom stereocenters. The van der Waals surface area contributed by atoms with E-state index in [1.54, 1.807) is 13.0 Å². The van der Waals surface area contributed by atoms with Crippen LogP contribution in [0.2, 0.25) is 0 Å². The van der Waals surface area contributed by atoms with Gasteiger partial charge in [-0.2, -0.15) is 4.31 Å². The minimum Gasteiger partial charge on any atom is -0.462 e. The normalized spacial score (nSPS) is 16.2. The Bertz CT molecular complexity index is 1390. The van der Waals surface area contributed by atoms with E-state index >= 15 is 0 Å². The number of aromatic nitrogens is 1. The Morgan fingerprint density at radius 3 is 2.51 bits per heavy atom. The highest BCUT2D eigenvalue weighted by Gasteiger charge is 2.30. The molecule has 35 heavy (non-hydrogen) atoms. The Morgan fingerprint density at radius 1 is 1.14 bits per heavy atom. The second kappa shape index (κ2) is 10.3. The lowest BCUT2D eigenvalue weighted by molar-refractivity contribution is 0.0526. The number of esters is 1. The Kier molecular flexibility index (Phi) is 7.39. The molecule has 1 fully saturated rings. The molecule has 186 valence electrons. The van der Waals surface area contributed by atoms with E-state index in [4.69, 9.17) is 9.47 Å². The van der Waals surface area contributed by atoms with Crippen molar-refractivity contribution in [2.75, 3.05) is 19.8 Å². The quantitative estimate of drug-likeness (QED) is 0.475. The lowest BCUT2D eigenvalue weighted by Crippen LogP contribution is -2.38. The number of hydrogen-bond donors (Lipinski definition) is 1. The molecule has 9 heteroatoms. The van der Waals surface area contributed by atoms with Crippen molar-refractivity contribution in [3.8, 4) is 0 Å². The third-order valence-electron chi connectivity index (χ3n) is 6.32. The highest BCUT2D eigenvalue weighted by Crippen LogP contribution is 2.24. The number of carbonyl (C=O) groups is 1. The SMILES string of the molecule is CCOC(=O)c1ccc(S(=O)(=O)N(Cc2cc3cc(C)c(C)cc3[nH]c2=O)CC2CCCO2)cc1. The molecule has 3 aromatic rings. The molecular formula is C26H30N2O6S. The number of H-pyrrole nitrogens is 1. The molecular weight excluding hydrogens is 468 g/mol. The van der Waals surface area contributed by atoms with Crippen LogP contribution in [-0.4, -0.2) is 49.5 Å². The Hall–Kier alpha value is -3.01. The van der Waals surface area contributed by atoms with Crippen LogP contribution in [0, 0.1) is 13.8 Å². The first-order valence-corrected chi connectivity index (χ1v) is 13.1. The van der Waals surface area contributed by atoms with Gasteiger partial charge in [-0.1, -0.05) is 0 Å². The smallest absolute Gasteiger partial charge is 0.338 e. The molecule has 1 aliphatic rings. The summed E-state index contributed by atoms with van der Waals surface area (Å²) in [6.07, 6.45) is 1.37. The summed E-state index contributed by atoms with van der Waals surface area (Å²) in [5, 5.41) is 0.843. The molecule has 0 radical (unpaired) electrons. The summed E-state index contributed by atoms with van der Waals surface area (Å²) < 4.78 is 39.3. The molecule has 8 nitrogen and oxygen atoms in total. The predicted octanol–water partition coefficient (Wildman–Crippen LogP) is 3.69. The molecule has 1 N–H and O–H groups in total. The zero-order valence-corrected chi connectivity index (χ0v) is 21.0. The summed E-state index contributed by atoms with van der Waals surface area (Å²) in [5.74, 6) is -0.513. The molecule has 2 aromatic carbocycles. The van der Waals surface area contributed by atoms with Crippen molar-refractivity contribution in [3.63, 3.8) is 0 Å². The van der Waals surface area contributed by atoms with Crippen LogP contribution in [-0.2, 0) is 26.0 Å². The molecule has 1 aromatic heterocycles. The standard InChI is InChI=1S/C26H30N2O6S/c1-4-33-26(30)19-7-9-23(10-8-19)35(31,32)28(16-22-6-5-11-34-22)15-21-14-20-12-17(2)18(3)13-24(20)27-25(21)29/h7-10,12-14,22H,4-6,11,15-16H2,1-3H3,(H,27,29). The molecule has 1 saturated heterocycles. The molecule has 0 aliphatic carbocycles. The maximum atomic E-state index is 13.6. The molecule has 0 bridgehead atoms. The van der Waals surface area contributed by atoms with E-state index in [1.807, 2.05) is 26.0 Å². The number of aryl methyl sites for hydroxylation is 2. The van der Waals surface area contributed by atoms with Crippen LogP contribution in [0.25, 0.3) is 10.9 Å². The Morgan fingerprint density at radius 2 is 1.86 bits per heavy atom. The number of fused-ring (bicyclic) bond motifs is 1. The lowest BCUT2D eigenvalue weighted by Gasteiger charge is -2.25. The molecule has 2 heterocycles. The van der Waals surface area contributed by atoms with Gasteiger partial charge in [-0.05, 0) is 92.6 Å². The van der Waals surface area contributed by atoms with Crippen molar-refractivity contribution in [1.29, 1.82) is 0 Å². The van der Waals surface area contributed by atoms with Crippen LogP contribution >= 0.6 is 0 Å². The van der Waals surface area contributed by atoms with Gasteiger partial charge in [0.15, 0.2) is 0 Å². The largest absolute Gasteiger partial charge is 0.462 e. The number of aromatic amines is 1. The second-order valence-corrected chi connectivity index (χ2v) is 10.8. The van der Waals surface area contributed by atoms with Gasteiger partial charge in [-0.3, -0.25) is 4.79 Å². The number of ether oxygens (including phenoxy) is 2. The number of benzene rings is 2. The van der Waals surface area contributed by atoms with Crippen molar-refractivity contribution in [2.24, 2.45) is 0 Å². The fraction of sp³-hybridized carbons (Fsp3) is 0.385. The monoisotopic (exact) mass is 498 g/mol. The van der Waals surface area contributed by atoms with E-state index in [0.717, 1.165) is 29.4 Å². The molecule has 1 unspecified atom stereocenters. The number of nitrogens with one attached hydrogen (secondary N) is 1. The third-order valence-corrected chi connectivity index (χ3v) is 8.14. The minimum absolute atomic E-state index is 0.0345. The molecule has 4 rings (SSSR count). The van der Waals surface area contributed by atoms with Crippen LogP contribution < -0.4 is 5.56 Å². The van der Waals surface area contributed by atoms with Gasteiger partial charge in [0.05, 0.1) is 23.2 Å². The summed E-state index contributed by atoms with van der Waals surface area (Å²) >= 11 is 0. The maximum Gasteiger partial charge on any atom is 0.338 e. The van der Waals surface area contributed by atoms with Crippen molar-refractivity contribution in [3.05, 3.63) is 75.1 Å². The molecule has 0 spiro atoms. The highest BCUT2D eigenvalue weighted by molar-refractivity contribution is 7.89. The van der Waals surface area contributed by atoms with Crippen molar-refractivity contribution in [1.82, 2.24) is 9.29 Å². The van der Waals surface area contributed by atoms with Crippen LogP contribution in [0.3, 0.4) is 0 Å². The van der Waals surface area contributed by atoms with Gasteiger partial charge in [0, 0.05) is 30.8 Å². The van der Waals surface area contributed by atoms with Crippen molar-refractivity contribution < 1.29 is 22.7 Å². The average Bonchev–Trinajstić information content (AvgIpc) is 3.34. The Balaban J connectivity index is 1.69. The van der Waals surface area contributed by atoms with E-state index < -0.39 is 16.0 Å². The van der Waals surface area contributed by atoms with Crippen molar-refractivity contribution >= 4 is 26.9 Å². The molecule has 0 amide bonds. The van der Waals surface area contributed by atoms with E-state index in [1.165, 1.54) is 28.6 Å². The van der Waals surface area contributed by atoms with Crippen LogP contribution in [0.15, 0.2) is 52.2 Å². The maximum absolute atomic E-state index is 13.6. The number of carbonyl (C=O) groups excluding carboxylic acids is 1. The fourth-order valence-corrected chi connectivity index (χ4v) is 5.67. The third kappa shape index (κ3) is 5.47. The lowest BCUT2D eigenvalue weighted by atomic mass is 10.0. The summed E-state index contributed by atoms with van der Waals surface area (Å²) in [4.78, 5) is 27.8. The fourth-order valence-electron chi connectivity index (χ4n) is 4.22. The van der Waals surface area contributed by atoms with Gasteiger partial charge in [0.25, 0.3) is 5.56 Å². The van der Waals surface area contributed by atoms with Gasteiger partial charge in [-0.25, -0.2) is 13.2 Å². The van der Waals surface area contributed by atoms with E-state index in [9.17, 15) is 18.0 Å². The van der Waals surface area contributed by atoms with Gasteiger partial charge in [0.1, 0.15) is 0 Å². The van der Waals surface area contributed by atoms with E-state index in [-0.39, 0.29) is 41.8 Å². The summed E-state index contributed by atoms with van der Waals surface area (Å²) in [6, 6.07) is 11.3. The number of hydrogen-bond acceptors (Lipinski definition) is 6. The van der Waals surface area contributed by atoms with Crippen LogP contribution in [0.1, 0.15) is 46.8 Å². The number of pyridine rings is 1. The van der Waals surface area contributed by atoms with Gasteiger partial charge in [-0.15, -0.1) is 0 Å². The number of sulfonamides is 1. The first kappa shape index (κ1) is 25.1. The van der Waals surface area contributed by atoms with E-state index in [2.05, 4.69) is 4.98 Å². The minimum atomic E-state index is -3.98. The number of nitrogens with zero attached hydrogens (tertiary/aromatic N) is 1. The van der Waals surface area contributed by atoms with Crippen LogP contribution in [0.5, 0.6) is 0 Å². The first-order valence-electron chi connectivity index (χ1n) is 11.7. The Labute approximate surface area is 204 Å². The topological polar surface area (TPSA) is 106 Å². The zero-order chi connectivity index (χ0) is 25.2. The van der Waals surface area contributed by atoms with Gasteiger partial charge < -0.3 is 14.5 Å². The van der Waals surface area contributed by atoms with Crippen molar-refractivity contribution in [2.45, 2.75) is 51.2 Å². The molecule has 1 aliphatic heterocycles. The summed E-state index contributed by atoms with van der Waals surface area (Å²) in [5.41, 5.74) is 3.16. The van der Waals surface area contributed by atoms with Crippen LogP contribution in [0.4, 0.5) is 0 Å². The highest BCUT2D eigenvalue weighted by atomic mass is 32.2. The summed E-state index contributed by atoms with van der Waals surface area (Å²) in [6.45, 7) is 6.52. The average molecular weight is 499 g/mol. The molecule has 0 saturated carbocycles. The van der Waals surface area contributed by atoms with Gasteiger partial charge >= 0.3 is 5.97 Å². The summed E-state index contributed by atoms with van der Waals surface area (Å²) in [7, 11) is -3.98. The van der Waals surface area contributed by atoms with Gasteiger partial charge in [0.2, 0.25) is 10.0 Å². The number of rotatable bonds is 8. The predicted molar refractivity (Wildman–Crippen MR) is 133 cm³/mol. The van der Waals surface area contributed by atoms with E-state index in [0.29, 0.717) is 17.7 Å². The zero-order valence-electron chi connectivity index (χ0n) is 20.2. The second-order valence-electron chi connectivity index (χ2n) is 8.82. The first-order chi connectivity index (χ1) is 16.7.